The number of hydrogen-bond acceptors (Lipinski definition) is 4. The Morgan fingerprint density at radius 1 is 1.30 bits per heavy atom. The van der Waals surface area contributed by atoms with Gasteiger partial charge in [-0.2, -0.15) is 0 Å². The number of thiophene rings is 1. The van der Waals surface area contributed by atoms with E-state index in [0.717, 1.165) is 11.3 Å². The molecule has 2 rings (SSSR count). The van der Waals surface area contributed by atoms with E-state index in [1.807, 2.05) is 0 Å². The summed E-state index contributed by atoms with van der Waals surface area (Å²) in [5.74, 6) is -1.07. The summed E-state index contributed by atoms with van der Waals surface area (Å²) in [5.41, 5.74) is 1.07. The van der Waals surface area contributed by atoms with Gasteiger partial charge in [-0.05, 0) is 42.8 Å². The van der Waals surface area contributed by atoms with E-state index >= 15 is 0 Å². The maximum atomic E-state index is 12.1. The molecule has 0 aliphatic heterocycles. The van der Waals surface area contributed by atoms with Crippen molar-refractivity contribution in [3.05, 3.63) is 45.8 Å². The molecule has 1 aromatic carbocycles. The zero-order valence-electron chi connectivity index (χ0n) is 10.3. The second-order valence-corrected chi connectivity index (χ2v) is 7.57. The number of carboxylic acids is 1. The van der Waals surface area contributed by atoms with Crippen LogP contribution in [0.25, 0.3) is 0 Å². The molecule has 5 nitrogen and oxygen atoms in total. The SMILES string of the molecule is Cc1cc(S(=O)(=O)Nc2ccc(C(=O)O)cc2)sc1Cl. The predicted octanol–water partition coefficient (Wildman–Crippen LogP) is 3.21. The summed E-state index contributed by atoms with van der Waals surface area (Å²) in [6, 6.07) is 6.92. The molecule has 2 aromatic rings. The molecule has 0 atom stereocenters. The van der Waals surface area contributed by atoms with Crippen molar-refractivity contribution < 1.29 is 18.3 Å². The fraction of sp³-hybridized carbons (Fsp3) is 0.0833. The molecule has 0 amide bonds. The number of nitrogens with one attached hydrogen (secondary N) is 1. The molecule has 0 bridgehead atoms. The van der Waals surface area contributed by atoms with Gasteiger partial charge in [0, 0.05) is 5.69 Å². The highest BCUT2D eigenvalue weighted by Crippen LogP contribution is 2.31. The summed E-state index contributed by atoms with van der Waals surface area (Å²) in [6.45, 7) is 1.72. The Morgan fingerprint density at radius 2 is 1.90 bits per heavy atom. The molecular weight excluding hydrogens is 322 g/mol. The molecule has 8 heteroatoms. The zero-order valence-corrected chi connectivity index (χ0v) is 12.6. The molecule has 106 valence electrons. The maximum absolute atomic E-state index is 12.1. The molecule has 0 radical (unpaired) electrons. The van der Waals surface area contributed by atoms with Crippen LogP contribution in [-0.2, 0) is 10.0 Å². The monoisotopic (exact) mass is 331 g/mol. The summed E-state index contributed by atoms with van der Waals surface area (Å²) < 4.78 is 27.1. The van der Waals surface area contributed by atoms with E-state index in [9.17, 15) is 13.2 Å². The molecule has 0 fully saturated rings. The minimum atomic E-state index is -3.71. The minimum Gasteiger partial charge on any atom is -0.478 e. The second kappa shape index (κ2) is 5.43. The molecule has 0 aliphatic rings. The number of benzene rings is 1. The van der Waals surface area contributed by atoms with Gasteiger partial charge in [0.25, 0.3) is 10.0 Å². The van der Waals surface area contributed by atoms with Gasteiger partial charge < -0.3 is 5.11 Å². The van der Waals surface area contributed by atoms with Gasteiger partial charge in [-0.3, -0.25) is 4.72 Å². The highest BCUT2D eigenvalue weighted by atomic mass is 35.5. The van der Waals surface area contributed by atoms with Gasteiger partial charge >= 0.3 is 5.97 Å². The van der Waals surface area contributed by atoms with Gasteiger partial charge in [0.1, 0.15) is 4.21 Å². The second-order valence-electron chi connectivity index (χ2n) is 4.01. The van der Waals surface area contributed by atoms with Crippen molar-refractivity contribution >= 4 is 44.6 Å². The Morgan fingerprint density at radius 3 is 2.35 bits per heavy atom. The topological polar surface area (TPSA) is 83.5 Å². The first-order valence-electron chi connectivity index (χ1n) is 5.42. The average Bonchev–Trinajstić information content (AvgIpc) is 2.71. The number of aromatic carboxylic acids is 1. The van der Waals surface area contributed by atoms with Crippen molar-refractivity contribution in [3.63, 3.8) is 0 Å². The number of anilines is 1. The van der Waals surface area contributed by atoms with Gasteiger partial charge in [-0.1, -0.05) is 11.6 Å². The molecule has 0 unspecified atom stereocenters. The van der Waals surface area contributed by atoms with Crippen LogP contribution < -0.4 is 4.72 Å². The van der Waals surface area contributed by atoms with Crippen molar-refractivity contribution in [2.45, 2.75) is 11.1 Å². The van der Waals surface area contributed by atoms with E-state index < -0.39 is 16.0 Å². The molecule has 1 aromatic heterocycles. The van der Waals surface area contributed by atoms with Gasteiger partial charge in [-0.15, -0.1) is 11.3 Å². The zero-order chi connectivity index (χ0) is 14.9. The Bertz CT molecular complexity index is 731. The van der Waals surface area contributed by atoms with Crippen LogP contribution in [0.3, 0.4) is 0 Å². The molecule has 20 heavy (non-hydrogen) atoms. The molecule has 1 heterocycles. The molecule has 0 saturated carbocycles. The first kappa shape index (κ1) is 14.8. The number of sulfonamides is 1. The third-order valence-corrected chi connectivity index (χ3v) is 5.89. The Labute approximate surface area is 124 Å². The van der Waals surface area contributed by atoms with Gasteiger partial charge in [-0.25, -0.2) is 13.2 Å². The fourth-order valence-electron chi connectivity index (χ4n) is 1.45. The van der Waals surface area contributed by atoms with Crippen molar-refractivity contribution in [2.24, 2.45) is 0 Å². The van der Waals surface area contributed by atoms with Crippen LogP contribution in [-0.4, -0.2) is 19.5 Å². The third kappa shape index (κ3) is 3.12. The molecular formula is C12H10ClNO4S2. The lowest BCUT2D eigenvalue weighted by atomic mass is 10.2. The van der Waals surface area contributed by atoms with Crippen LogP contribution in [0.5, 0.6) is 0 Å². The quantitative estimate of drug-likeness (QED) is 0.901. The summed E-state index contributed by atoms with van der Waals surface area (Å²) in [4.78, 5) is 10.7. The summed E-state index contributed by atoms with van der Waals surface area (Å²) >= 11 is 6.82. The van der Waals surface area contributed by atoms with E-state index in [0.29, 0.717) is 9.90 Å². The molecule has 0 aliphatic carbocycles. The van der Waals surface area contributed by atoms with Crippen molar-refractivity contribution in [3.8, 4) is 0 Å². The number of carbonyl (C=O) groups is 1. The number of halogens is 1. The normalized spacial score (nSPS) is 11.3. The van der Waals surface area contributed by atoms with E-state index in [1.54, 1.807) is 6.92 Å². The van der Waals surface area contributed by atoms with E-state index in [1.165, 1.54) is 30.3 Å². The largest absolute Gasteiger partial charge is 0.478 e. The van der Waals surface area contributed by atoms with Crippen molar-refractivity contribution in [1.29, 1.82) is 0 Å². The van der Waals surface area contributed by atoms with Gasteiger partial charge in [0.2, 0.25) is 0 Å². The lowest BCUT2D eigenvalue weighted by Crippen LogP contribution is -2.11. The molecule has 2 N–H and O–H groups in total. The number of aryl methyl sites for hydroxylation is 1. The van der Waals surface area contributed by atoms with E-state index in [4.69, 9.17) is 16.7 Å². The van der Waals surface area contributed by atoms with Crippen LogP contribution >= 0.6 is 22.9 Å². The predicted molar refractivity (Wildman–Crippen MR) is 78.3 cm³/mol. The third-order valence-electron chi connectivity index (χ3n) is 2.48. The highest BCUT2D eigenvalue weighted by Gasteiger charge is 2.18. The number of carboxylic acid groups (broad SMARTS) is 1. The lowest BCUT2D eigenvalue weighted by molar-refractivity contribution is 0.0697. The van der Waals surface area contributed by atoms with Crippen molar-refractivity contribution in [1.82, 2.24) is 0 Å². The lowest BCUT2D eigenvalue weighted by Gasteiger charge is -2.06. The first-order chi connectivity index (χ1) is 9.29. The van der Waals surface area contributed by atoms with Crippen LogP contribution in [0, 0.1) is 6.92 Å². The van der Waals surface area contributed by atoms with Crippen molar-refractivity contribution in [2.75, 3.05) is 4.72 Å². The summed E-state index contributed by atoms with van der Waals surface area (Å²) in [6.07, 6.45) is 0. The first-order valence-corrected chi connectivity index (χ1v) is 8.09. The smallest absolute Gasteiger partial charge is 0.335 e. The molecule has 0 spiro atoms. The number of rotatable bonds is 4. The minimum absolute atomic E-state index is 0.0861. The number of hydrogen-bond donors (Lipinski definition) is 2. The van der Waals surface area contributed by atoms with Gasteiger partial charge in [0.05, 0.1) is 9.90 Å². The Balaban J connectivity index is 2.26. The Kier molecular flexibility index (Phi) is 4.03. The van der Waals surface area contributed by atoms with Crippen LogP contribution in [0.2, 0.25) is 4.34 Å². The fourth-order valence-corrected chi connectivity index (χ4v) is 4.22. The summed E-state index contributed by atoms with van der Waals surface area (Å²) in [5, 5.41) is 8.77. The molecule has 0 saturated heterocycles. The standard InChI is InChI=1S/C12H10ClNO4S2/c1-7-6-10(19-11(7)13)20(17,18)14-9-4-2-8(3-5-9)12(15)16/h2-6,14H,1H3,(H,15,16). The van der Waals surface area contributed by atoms with E-state index in [2.05, 4.69) is 4.72 Å². The highest BCUT2D eigenvalue weighted by molar-refractivity contribution is 7.94. The average molecular weight is 332 g/mol. The van der Waals surface area contributed by atoms with Crippen LogP contribution in [0.1, 0.15) is 15.9 Å². The van der Waals surface area contributed by atoms with Gasteiger partial charge in [0.15, 0.2) is 0 Å². The van der Waals surface area contributed by atoms with E-state index in [-0.39, 0.29) is 15.5 Å². The summed E-state index contributed by atoms with van der Waals surface area (Å²) in [7, 11) is -3.71. The Hall–Kier alpha value is -1.57. The maximum Gasteiger partial charge on any atom is 0.335 e. The van der Waals surface area contributed by atoms with Crippen LogP contribution in [0.4, 0.5) is 5.69 Å². The van der Waals surface area contributed by atoms with Crippen LogP contribution in [0.15, 0.2) is 34.5 Å².